The van der Waals surface area contributed by atoms with Crippen LogP contribution in [0.1, 0.15) is 38.5 Å². The second-order valence-corrected chi connectivity index (χ2v) is 4.57. The summed E-state index contributed by atoms with van der Waals surface area (Å²) >= 11 is 0. The molecule has 0 aromatic carbocycles. The molecule has 0 aliphatic heterocycles. The first-order valence-electron chi connectivity index (χ1n) is 6.71. The van der Waals surface area contributed by atoms with Gasteiger partial charge in [-0.1, -0.05) is 6.42 Å². The molecule has 2 atom stereocenters. The van der Waals surface area contributed by atoms with Gasteiger partial charge < -0.3 is 27.6 Å². The lowest BCUT2D eigenvalue weighted by Gasteiger charge is -2.17. The molecule has 0 saturated heterocycles. The van der Waals surface area contributed by atoms with Crippen molar-refractivity contribution in [2.75, 3.05) is 13.1 Å². The molecule has 0 aliphatic rings. The van der Waals surface area contributed by atoms with Gasteiger partial charge in [0.15, 0.2) is 0 Å². The molecule has 0 heterocycles. The number of hydrogen-bond acceptors (Lipinski definition) is 5. The average Bonchev–Trinajstić information content (AvgIpc) is 2.37. The summed E-state index contributed by atoms with van der Waals surface area (Å²) in [6.07, 6.45) is 3.85. The van der Waals surface area contributed by atoms with E-state index in [2.05, 4.69) is 5.32 Å². The second kappa shape index (κ2) is 13.1. The highest BCUT2D eigenvalue weighted by molar-refractivity contribution is 5.86. The van der Waals surface area contributed by atoms with Crippen molar-refractivity contribution in [3.63, 3.8) is 0 Å². The third-order valence-corrected chi connectivity index (χ3v) is 2.87. The smallest absolute Gasteiger partial charge is 0.326 e. The van der Waals surface area contributed by atoms with E-state index in [0.29, 0.717) is 32.4 Å². The minimum absolute atomic E-state index is 0. The fraction of sp³-hybridized carbons (Fsp3) is 0.833. The van der Waals surface area contributed by atoms with Crippen LogP contribution in [0.15, 0.2) is 0 Å². The van der Waals surface area contributed by atoms with Crippen LogP contribution in [0.25, 0.3) is 0 Å². The van der Waals surface area contributed by atoms with Crippen LogP contribution in [0, 0.1) is 0 Å². The molecule has 0 aliphatic carbocycles. The maximum atomic E-state index is 11.7. The number of aliphatic carboxylic acids is 1. The Morgan fingerprint density at radius 1 is 1.00 bits per heavy atom. The number of hydrogen-bond donors (Lipinski definition) is 5. The van der Waals surface area contributed by atoms with Crippen LogP contribution in [0.5, 0.6) is 0 Å². The topological polar surface area (TPSA) is 144 Å². The fourth-order valence-corrected chi connectivity index (χ4v) is 1.67. The lowest BCUT2D eigenvalue weighted by Crippen LogP contribution is -2.48. The number of carbonyl (C=O) groups excluding carboxylic acids is 1. The van der Waals surface area contributed by atoms with Gasteiger partial charge in [-0.25, -0.2) is 4.79 Å². The highest BCUT2D eigenvalue weighted by Crippen LogP contribution is 2.03. The van der Waals surface area contributed by atoms with E-state index in [-0.39, 0.29) is 12.4 Å². The second-order valence-electron chi connectivity index (χ2n) is 4.57. The summed E-state index contributed by atoms with van der Waals surface area (Å²) in [6, 6.07) is -1.57. The number of nitrogens with two attached hydrogens (primary N) is 3. The molecule has 8 N–H and O–H groups in total. The van der Waals surface area contributed by atoms with Gasteiger partial charge in [-0.3, -0.25) is 4.79 Å². The van der Waals surface area contributed by atoms with E-state index in [1.54, 1.807) is 0 Å². The van der Waals surface area contributed by atoms with E-state index >= 15 is 0 Å². The van der Waals surface area contributed by atoms with Crippen LogP contribution in [0.3, 0.4) is 0 Å². The molecule has 1 amide bonds. The maximum absolute atomic E-state index is 11.7. The van der Waals surface area contributed by atoms with Crippen LogP contribution in [-0.2, 0) is 9.59 Å². The molecular weight excluding hydrogens is 284 g/mol. The lowest BCUT2D eigenvalue weighted by molar-refractivity contribution is -0.142. The molecule has 0 rings (SSSR count). The van der Waals surface area contributed by atoms with Gasteiger partial charge in [0.2, 0.25) is 5.91 Å². The van der Waals surface area contributed by atoms with Gasteiger partial charge in [-0.15, -0.1) is 12.4 Å². The van der Waals surface area contributed by atoms with E-state index in [4.69, 9.17) is 22.3 Å². The third-order valence-electron chi connectivity index (χ3n) is 2.87. The third kappa shape index (κ3) is 9.96. The molecule has 0 aromatic heterocycles. The van der Waals surface area contributed by atoms with E-state index in [1.807, 2.05) is 0 Å². The first kappa shape index (κ1) is 21.4. The van der Waals surface area contributed by atoms with Crippen LogP contribution >= 0.6 is 12.4 Å². The summed E-state index contributed by atoms with van der Waals surface area (Å²) in [5.74, 6) is -1.46. The van der Waals surface area contributed by atoms with E-state index in [1.165, 1.54) is 0 Å². The zero-order valence-corrected chi connectivity index (χ0v) is 12.5. The molecule has 0 bridgehead atoms. The molecule has 120 valence electrons. The maximum Gasteiger partial charge on any atom is 0.326 e. The SMILES string of the molecule is Cl.NCCCCC(N)C(=O)NC(CCCCN)C(=O)O. The number of carboxylic acid groups (broad SMARTS) is 1. The van der Waals surface area contributed by atoms with Crippen LogP contribution in [0.4, 0.5) is 0 Å². The van der Waals surface area contributed by atoms with Gasteiger partial charge in [0.05, 0.1) is 6.04 Å². The van der Waals surface area contributed by atoms with Crippen LogP contribution < -0.4 is 22.5 Å². The number of rotatable bonds is 11. The first-order chi connectivity index (χ1) is 9.02. The van der Waals surface area contributed by atoms with E-state index in [9.17, 15) is 9.59 Å². The molecule has 2 unspecified atom stereocenters. The van der Waals surface area contributed by atoms with Crippen molar-refractivity contribution >= 4 is 24.3 Å². The number of halogens is 1. The fourth-order valence-electron chi connectivity index (χ4n) is 1.67. The molecule has 7 nitrogen and oxygen atoms in total. The zero-order valence-electron chi connectivity index (χ0n) is 11.7. The molecular formula is C12H27ClN4O3. The zero-order chi connectivity index (χ0) is 14.7. The van der Waals surface area contributed by atoms with Crippen LogP contribution in [-0.4, -0.2) is 42.2 Å². The Morgan fingerprint density at radius 2 is 1.50 bits per heavy atom. The Bertz CT molecular complexity index is 279. The summed E-state index contributed by atoms with van der Waals surface area (Å²) in [6.45, 7) is 1.07. The monoisotopic (exact) mass is 310 g/mol. The molecule has 0 fully saturated rings. The number of nitrogens with one attached hydrogen (secondary N) is 1. The molecule has 8 heteroatoms. The molecule has 0 aromatic rings. The molecule has 20 heavy (non-hydrogen) atoms. The molecule has 0 radical (unpaired) electrons. The number of carboxylic acids is 1. The lowest BCUT2D eigenvalue weighted by atomic mass is 10.1. The highest BCUT2D eigenvalue weighted by Gasteiger charge is 2.22. The average molecular weight is 311 g/mol. The predicted octanol–water partition coefficient (Wildman–Crippen LogP) is -0.437. The Morgan fingerprint density at radius 3 is 1.95 bits per heavy atom. The Hall–Kier alpha value is -0.890. The van der Waals surface area contributed by atoms with Crippen LogP contribution in [0.2, 0.25) is 0 Å². The van der Waals surface area contributed by atoms with Crippen molar-refractivity contribution < 1.29 is 14.7 Å². The largest absolute Gasteiger partial charge is 0.480 e. The van der Waals surface area contributed by atoms with Crippen molar-refractivity contribution in [2.45, 2.75) is 50.6 Å². The minimum Gasteiger partial charge on any atom is -0.480 e. The summed E-state index contributed by atoms with van der Waals surface area (Å²) in [5.41, 5.74) is 16.4. The van der Waals surface area contributed by atoms with Gasteiger partial charge in [0.1, 0.15) is 6.04 Å². The highest BCUT2D eigenvalue weighted by atomic mass is 35.5. The Balaban J connectivity index is 0. The van der Waals surface area contributed by atoms with Gasteiger partial charge >= 0.3 is 5.97 Å². The number of amides is 1. The normalized spacial score (nSPS) is 13.2. The van der Waals surface area contributed by atoms with Gasteiger partial charge in [0, 0.05) is 0 Å². The van der Waals surface area contributed by atoms with Crippen molar-refractivity contribution in [2.24, 2.45) is 17.2 Å². The Labute approximate surface area is 126 Å². The van der Waals surface area contributed by atoms with Gasteiger partial charge in [0.25, 0.3) is 0 Å². The van der Waals surface area contributed by atoms with E-state index in [0.717, 1.165) is 19.3 Å². The first-order valence-corrected chi connectivity index (χ1v) is 6.71. The number of carbonyl (C=O) groups is 2. The van der Waals surface area contributed by atoms with Crippen molar-refractivity contribution in [1.82, 2.24) is 5.32 Å². The van der Waals surface area contributed by atoms with Gasteiger partial charge in [-0.05, 0) is 45.2 Å². The molecule has 0 spiro atoms. The Kier molecular flexibility index (Phi) is 14.0. The summed E-state index contributed by atoms with van der Waals surface area (Å²) < 4.78 is 0. The summed E-state index contributed by atoms with van der Waals surface area (Å²) in [4.78, 5) is 22.7. The number of unbranched alkanes of at least 4 members (excludes halogenated alkanes) is 2. The van der Waals surface area contributed by atoms with Crippen molar-refractivity contribution in [3.8, 4) is 0 Å². The van der Waals surface area contributed by atoms with Gasteiger partial charge in [-0.2, -0.15) is 0 Å². The predicted molar refractivity (Wildman–Crippen MR) is 80.6 cm³/mol. The summed E-state index contributed by atoms with van der Waals surface area (Å²) in [5, 5.41) is 11.5. The van der Waals surface area contributed by atoms with E-state index < -0.39 is 24.0 Å². The standard InChI is InChI=1S/C12H26N4O3.ClH/c13-7-3-1-5-9(15)11(17)16-10(12(18)19)6-2-4-8-14;/h9-10H,1-8,13-15H2,(H,16,17)(H,18,19);1H. The quantitative estimate of drug-likeness (QED) is 0.327. The molecule has 0 saturated carbocycles. The van der Waals surface area contributed by atoms with Crippen molar-refractivity contribution in [3.05, 3.63) is 0 Å². The van der Waals surface area contributed by atoms with Crippen molar-refractivity contribution in [1.29, 1.82) is 0 Å². The summed E-state index contributed by atoms with van der Waals surface area (Å²) in [7, 11) is 0. The minimum atomic E-state index is -1.04.